The van der Waals surface area contributed by atoms with E-state index in [1.165, 1.54) is 12.1 Å². The second-order valence-electron chi connectivity index (χ2n) is 6.50. The Morgan fingerprint density at radius 2 is 1.73 bits per heavy atom. The zero-order valence-electron chi connectivity index (χ0n) is 14.3. The first-order chi connectivity index (χ1) is 12.7. The highest BCUT2D eigenvalue weighted by molar-refractivity contribution is 5.94. The Morgan fingerprint density at radius 3 is 2.42 bits per heavy atom. The van der Waals surface area contributed by atoms with Crippen LogP contribution in [0.25, 0.3) is 5.69 Å². The number of aromatic nitrogens is 3. The van der Waals surface area contributed by atoms with Crippen molar-refractivity contribution in [3.8, 4) is 5.69 Å². The molecule has 0 aliphatic carbocycles. The lowest BCUT2D eigenvalue weighted by atomic mass is 9.91. The molecule has 4 rings (SSSR count). The molecule has 1 amide bonds. The van der Waals surface area contributed by atoms with Crippen LogP contribution >= 0.6 is 0 Å². The van der Waals surface area contributed by atoms with Crippen LogP contribution in [0.3, 0.4) is 0 Å². The number of carbonyl (C=O) groups excluding carboxylic acids is 1. The van der Waals surface area contributed by atoms with E-state index in [0.717, 1.165) is 37.2 Å². The zero-order valence-corrected chi connectivity index (χ0v) is 14.3. The molecule has 0 atom stereocenters. The highest BCUT2D eigenvalue weighted by Gasteiger charge is 2.25. The van der Waals surface area contributed by atoms with Gasteiger partial charge in [-0.15, -0.1) is 0 Å². The van der Waals surface area contributed by atoms with E-state index in [1.807, 2.05) is 17.3 Å². The molecule has 6 heteroatoms. The first kappa shape index (κ1) is 16.4. The van der Waals surface area contributed by atoms with Crippen LogP contribution in [0, 0.1) is 5.82 Å². The Hall–Kier alpha value is -3.02. The Bertz CT molecular complexity index is 884. The molecule has 1 aliphatic rings. The fourth-order valence-electron chi connectivity index (χ4n) is 3.38. The second kappa shape index (κ2) is 7.07. The lowest BCUT2D eigenvalue weighted by Gasteiger charge is -2.31. The zero-order chi connectivity index (χ0) is 17.9. The molecular formula is C20H19FN4O. The monoisotopic (exact) mass is 350 g/mol. The minimum atomic E-state index is -0.257. The molecule has 0 radical (unpaired) electrons. The number of nitrogens with zero attached hydrogens (tertiary/aromatic N) is 4. The number of pyridine rings is 1. The van der Waals surface area contributed by atoms with Gasteiger partial charge < -0.3 is 4.90 Å². The maximum absolute atomic E-state index is 13.1. The van der Waals surface area contributed by atoms with Gasteiger partial charge in [0.15, 0.2) is 0 Å². The van der Waals surface area contributed by atoms with E-state index in [9.17, 15) is 9.18 Å². The average molecular weight is 350 g/mol. The number of halogens is 1. The number of amides is 1. The lowest BCUT2D eigenvalue weighted by molar-refractivity contribution is 0.0713. The molecule has 1 aromatic carbocycles. The summed E-state index contributed by atoms with van der Waals surface area (Å²) in [7, 11) is 0. The Kier molecular flexibility index (Phi) is 4.48. The van der Waals surface area contributed by atoms with Crippen molar-refractivity contribution >= 4 is 5.91 Å². The van der Waals surface area contributed by atoms with Gasteiger partial charge >= 0.3 is 0 Å². The van der Waals surface area contributed by atoms with Gasteiger partial charge in [0.2, 0.25) is 0 Å². The van der Waals surface area contributed by atoms with Crippen molar-refractivity contribution in [2.24, 2.45) is 0 Å². The van der Waals surface area contributed by atoms with Crippen molar-refractivity contribution in [1.29, 1.82) is 0 Å². The molecule has 0 saturated carbocycles. The lowest BCUT2D eigenvalue weighted by Crippen LogP contribution is -2.37. The van der Waals surface area contributed by atoms with E-state index in [4.69, 9.17) is 0 Å². The van der Waals surface area contributed by atoms with Gasteiger partial charge in [0.1, 0.15) is 5.82 Å². The minimum absolute atomic E-state index is 0.0628. The number of benzene rings is 1. The molecule has 2 aromatic heterocycles. The van der Waals surface area contributed by atoms with Crippen LogP contribution in [-0.4, -0.2) is 38.7 Å². The van der Waals surface area contributed by atoms with Crippen molar-refractivity contribution in [2.45, 2.75) is 18.8 Å². The molecule has 3 aromatic rings. The smallest absolute Gasteiger partial charge is 0.253 e. The van der Waals surface area contributed by atoms with Gasteiger partial charge in [-0.3, -0.25) is 9.78 Å². The predicted molar refractivity (Wildman–Crippen MR) is 95.6 cm³/mol. The molecule has 0 N–H and O–H groups in total. The second-order valence-corrected chi connectivity index (χ2v) is 6.50. The summed E-state index contributed by atoms with van der Waals surface area (Å²) >= 11 is 0. The van der Waals surface area contributed by atoms with Crippen LogP contribution in [0.1, 0.15) is 34.7 Å². The van der Waals surface area contributed by atoms with Gasteiger partial charge in [-0.05, 0) is 60.7 Å². The summed E-state index contributed by atoms with van der Waals surface area (Å²) in [6, 6.07) is 9.78. The molecule has 132 valence electrons. The topological polar surface area (TPSA) is 51.0 Å². The summed E-state index contributed by atoms with van der Waals surface area (Å²) in [6.45, 7) is 1.46. The predicted octanol–water partition coefficient (Wildman–Crippen LogP) is 3.43. The van der Waals surface area contributed by atoms with Gasteiger partial charge in [0.25, 0.3) is 5.91 Å². The molecule has 0 spiro atoms. The normalized spacial score (nSPS) is 15.2. The van der Waals surface area contributed by atoms with E-state index in [-0.39, 0.29) is 11.7 Å². The van der Waals surface area contributed by atoms with Crippen molar-refractivity contribution in [1.82, 2.24) is 19.7 Å². The third-order valence-electron chi connectivity index (χ3n) is 4.87. The molecule has 3 heterocycles. The van der Waals surface area contributed by atoms with Crippen molar-refractivity contribution in [3.63, 3.8) is 0 Å². The van der Waals surface area contributed by atoms with E-state index in [1.54, 1.807) is 41.3 Å². The average Bonchev–Trinajstić information content (AvgIpc) is 3.19. The number of hydrogen-bond acceptors (Lipinski definition) is 3. The highest BCUT2D eigenvalue weighted by atomic mass is 19.1. The summed E-state index contributed by atoms with van der Waals surface area (Å²) in [4.78, 5) is 18.4. The quantitative estimate of drug-likeness (QED) is 0.727. The number of rotatable bonds is 3. The first-order valence-electron chi connectivity index (χ1n) is 8.70. The van der Waals surface area contributed by atoms with Crippen LogP contribution in [0.15, 0.2) is 61.2 Å². The van der Waals surface area contributed by atoms with Crippen LogP contribution in [0.4, 0.5) is 4.39 Å². The molecule has 26 heavy (non-hydrogen) atoms. The van der Waals surface area contributed by atoms with Crippen LogP contribution in [-0.2, 0) is 0 Å². The molecule has 0 bridgehead atoms. The molecule has 1 fully saturated rings. The van der Waals surface area contributed by atoms with Crippen LogP contribution in [0.2, 0.25) is 0 Å². The van der Waals surface area contributed by atoms with Gasteiger partial charge in [-0.2, -0.15) is 5.10 Å². The summed E-state index contributed by atoms with van der Waals surface area (Å²) in [5, 5.41) is 4.40. The van der Waals surface area contributed by atoms with Crippen molar-refractivity contribution in [2.75, 3.05) is 13.1 Å². The van der Waals surface area contributed by atoms with Crippen molar-refractivity contribution in [3.05, 3.63) is 78.1 Å². The summed E-state index contributed by atoms with van der Waals surface area (Å²) in [6.07, 6.45) is 8.97. The summed E-state index contributed by atoms with van der Waals surface area (Å²) in [5.41, 5.74) is 2.68. The van der Waals surface area contributed by atoms with Crippen molar-refractivity contribution < 1.29 is 9.18 Å². The first-order valence-corrected chi connectivity index (χ1v) is 8.70. The third-order valence-corrected chi connectivity index (χ3v) is 4.87. The molecule has 1 aliphatic heterocycles. The van der Waals surface area contributed by atoms with E-state index >= 15 is 0 Å². The van der Waals surface area contributed by atoms with E-state index < -0.39 is 0 Å². The van der Waals surface area contributed by atoms with Gasteiger partial charge in [-0.1, -0.05) is 0 Å². The van der Waals surface area contributed by atoms with E-state index in [2.05, 4.69) is 10.1 Å². The molecule has 1 saturated heterocycles. The number of likely N-dealkylation sites (tertiary alicyclic amines) is 1. The third kappa shape index (κ3) is 3.35. The number of hydrogen-bond donors (Lipinski definition) is 0. The van der Waals surface area contributed by atoms with Crippen LogP contribution in [0.5, 0.6) is 0 Å². The Labute approximate surface area is 151 Å². The number of carbonyl (C=O) groups is 1. The fraction of sp³-hybridized carbons (Fsp3) is 0.250. The van der Waals surface area contributed by atoms with Crippen LogP contribution < -0.4 is 0 Å². The van der Waals surface area contributed by atoms with Gasteiger partial charge in [-0.25, -0.2) is 9.07 Å². The van der Waals surface area contributed by atoms with Gasteiger partial charge in [0.05, 0.1) is 11.9 Å². The fourth-order valence-corrected chi connectivity index (χ4v) is 3.38. The summed E-state index contributed by atoms with van der Waals surface area (Å²) in [5.74, 6) is 0.186. The SMILES string of the molecule is O=C(c1ccncc1)N1CCC(c2cnn(-c3ccc(F)cc3)c2)CC1. The maximum Gasteiger partial charge on any atom is 0.253 e. The Balaban J connectivity index is 1.41. The van der Waals surface area contributed by atoms with E-state index in [0.29, 0.717) is 11.5 Å². The van der Waals surface area contributed by atoms with Gasteiger partial charge in [0, 0.05) is 37.2 Å². The summed E-state index contributed by atoms with van der Waals surface area (Å²) < 4.78 is 14.8. The molecule has 5 nitrogen and oxygen atoms in total. The minimum Gasteiger partial charge on any atom is -0.339 e. The number of piperidine rings is 1. The maximum atomic E-state index is 13.1. The Morgan fingerprint density at radius 1 is 1.04 bits per heavy atom. The standard InChI is InChI=1S/C20H19FN4O/c21-18-1-3-19(4-2-18)25-14-17(13-23-25)15-7-11-24(12-8-15)20(26)16-5-9-22-10-6-16/h1-6,9-10,13-15H,7-8,11-12H2. The highest BCUT2D eigenvalue weighted by Crippen LogP contribution is 2.29. The largest absolute Gasteiger partial charge is 0.339 e. The molecular weight excluding hydrogens is 331 g/mol. The molecule has 0 unspecified atom stereocenters.